The Hall–Kier alpha value is -3.06. The maximum absolute atomic E-state index is 12.5. The van der Waals surface area contributed by atoms with Crippen molar-refractivity contribution in [3.05, 3.63) is 53.1 Å². The molecule has 7 nitrogen and oxygen atoms in total. The van der Waals surface area contributed by atoms with Gasteiger partial charge >= 0.3 is 5.97 Å². The number of carbonyl (C=O) groups excluding carboxylic acids is 2. The highest BCUT2D eigenvalue weighted by Crippen LogP contribution is 2.27. The number of fused-ring (bicyclic) bond motifs is 1. The Kier molecular flexibility index (Phi) is 6.18. The van der Waals surface area contributed by atoms with Crippen molar-refractivity contribution in [2.45, 2.75) is 19.3 Å². The van der Waals surface area contributed by atoms with E-state index >= 15 is 0 Å². The lowest BCUT2D eigenvalue weighted by Gasteiger charge is -2.29. The molecule has 0 spiro atoms. The van der Waals surface area contributed by atoms with Gasteiger partial charge in [-0.2, -0.15) is 0 Å². The van der Waals surface area contributed by atoms with Crippen molar-refractivity contribution >= 4 is 23.3 Å². The molecule has 2 aromatic carbocycles. The van der Waals surface area contributed by atoms with Gasteiger partial charge < -0.3 is 24.4 Å². The Morgan fingerprint density at radius 2 is 1.87 bits per heavy atom. The van der Waals surface area contributed by atoms with Gasteiger partial charge in [-0.1, -0.05) is 6.07 Å². The van der Waals surface area contributed by atoms with Gasteiger partial charge in [-0.25, -0.2) is 4.79 Å². The maximum atomic E-state index is 12.5. The third kappa shape index (κ3) is 4.57. The van der Waals surface area contributed by atoms with E-state index in [1.54, 1.807) is 12.1 Å². The van der Waals surface area contributed by atoms with E-state index in [0.29, 0.717) is 30.2 Å². The lowest BCUT2D eigenvalue weighted by molar-refractivity contribution is -0.118. The monoisotopic (exact) mass is 410 g/mol. The van der Waals surface area contributed by atoms with Crippen LogP contribution in [0.1, 0.15) is 27.9 Å². The number of esters is 1. The van der Waals surface area contributed by atoms with Gasteiger partial charge in [0.05, 0.1) is 31.6 Å². The number of nitrogens with zero attached hydrogens (tertiary/aromatic N) is 1. The van der Waals surface area contributed by atoms with Crippen molar-refractivity contribution in [2.24, 2.45) is 0 Å². The average molecular weight is 410 g/mol. The molecule has 0 bridgehead atoms. The minimum absolute atomic E-state index is 0.134. The molecule has 1 fully saturated rings. The Morgan fingerprint density at radius 1 is 1.07 bits per heavy atom. The molecule has 0 aromatic heterocycles. The van der Waals surface area contributed by atoms with E-state index in [-0.39, 0.29) is 12.5 Å². The van der Waals surface area contributed by atoms with Gasteiger partial charge in [-0.15, -0.1) is 0 Å². The van der Waals surface area contributed by atoms with Gasteiger partial charge in [-0.3, -0.25) is 4.79 Å². The van der Waals surface area contributed by atoms with E-state index in [0.717, 1.165) is 38.0 Å². The third-order valence-corrected chi connectivity index (χ3v) is 5.50. The number of morpholine rings is 1. The van der Waals surface area contributed by atoms with Crippen molar-refractivity contribution in [1.82, 2.24) is 0 Å². The Balaban J connectivity index is 1.43. The summed E-state index contributed by atoms with van der Waals surface area (Å²) in [5.74, 6) is -0.151. The molecular weight excluding hydrogens is 384 g/mol. The molecule has 1 saturated heterocycles. The first-order chi connectivity index (χ1) is 14.6. The smallest absolute Gasteiger partial charge is 0.340 e. The second-order valence-corrected chi connectivity index (χ2v) is 7.44. The van der Waals surface area contributed by atoms with Crippen molar-refractivity contribution in [1.29, 1.82) is 0 Å². The van der Waals surface area contributed by atoms with Crippen LogP contribution >= 0.6 is 0 Å². The second kappa shape index (κ2) is 9.17. The van der Waals surface area contributed by atoms with Crippen molar-refractivity contribution < 1.29 is 23.8 Å². The Bertz CT molecular complexity index is 937. The zero-order valence-electron chi connectivity index (χ0n) is 17.1. The molecule has 7 heteroatoms. The van der Waals surface area contributed by atoms with Gasteiger partial charge in [0, 0.05) is 18.8 Å². The van der Waals surface area contributed by atoms with Crippen LogP contribution in [0.5, 0.6) is 5.75 Å². The van der Waals surface area contributed by atoms with Gasteiger partial charge in [0.2, 0.25) is 0 Å². The molecule has 1 heterocycles. The third-order valence-electron chi connectivity index (χ3n) is 5.50. The lowest BCUT2D eigenvalue weighted by Crippen LogP contribution is -2.36. The van der Waals surface area contributed by atoms with Crippen LogP contribution in [-0.4, -0.2) is 51.9 Å². The van der Waals surface area contributed by atoms with Crippen LogP contribution in [0.15, 0.2) is 36.4 Å². The fraction of sp³-hybridized carbons (Fsp3) is 0.391. The summed E-state index contributed by atoms with van der Waals surface area (Å²) in [6.07, 6.45) is 3.32. The summed E-state index contributed by atoms with van der Waals surface area (Å²) in [6.45, 7) is 2.66. The molecule has 0 unspecified atom stereocenters. The molecule has 0 radical (unpaired) electrons. The van der Waals surface area contributed by atoms with Crippen LogP contribution in [0.3, 0.4) is 0 Å². The zero-order chi connectivity index (χ0) is 20.9. The van der Waals surface area contributed by atoms with Crippen molar-refractivity contribution in [3.8, 4) is 5.75 Å². The molecule has 30 heavy (non-hydrogen) atoms. The maximum Gasteiger partial charge on any atom is 0.340 e. The standard InChI is InChI=1S/C23H26N2O5/c1-28-23(27)20-14-18(25-9-11-29-12-10-25)6-8-21(20)24-22(26)15-30-19-7-5-16-3-2-4-17(16)13-19/h5-8,13-14H,2-4,9-12,15H2,1H3,(H,24,26). The number of ether oxygens (including phenoxy) is 3. The molecule has 0 saturated carbocycles. The SMILES string of the molecule is COC(=O)c1cc(N2CCOCC2)ccc1NC(=O)COc1ccc2c(c1)CCC2. The first-order valence-electron chi connectivity index (χ1n) is 10.2. The number of carbonyl (C=O) groups is 2. The summed E-state index contributed by atoms with van der Waals surface area (Å²) in [7, 11) is 1.33. The summed E-state index contributed by atoms with van der Waals surface area (Å²) in [4.78, 5) is 26.9. The number of nitrogens with one attached hydrogen (secondary N) is 1. The largest absolute Gasteiger partial charge is 0.484 e. The topological polar surface area (TPSA) is 77.1 Å². The fourth-order valence-corrected chi connectivity index (χ4v) is 3.91. The van der Waals surface area contributed by atoms with Crippen molar-refractivity contribution in [3.63, 3.8) is 0 Å². The van der Waals surface area contributed by atoms with E-state index in [2.05, 4.69) is 16.3 Å². The van der Waals surface area contributed by atoms with E-state index in [1.165, 1.54) is 18.2 Å². The molecule has 2 aromatic rings. The van der Waals surface area contributed by atoms with Crippen LogP contribution in [0, 0.1) is 0 Å². The molecule has 4 rings (SSSR count). The van der Waals surface area contributed by atoms with Crippen molar-refractivity contribution in [2.75, 3.05) is 50.2 Å². The molecule has 0 atom stereocenters. The quantitative estimate of drug-likeness (QED) is 0.738. The van der Waals surface area contributed by atoms with Crippen LogP contribution in [-0.2, 0) is 27.1 Å². The van der Waals surface area contributed by atoms with Gasteiger partial charge in [0.25, 0.3) is 5.91 Å². The normalized spacial score (nSPS) is 15.4. The highest BCUT2D eigenvalue weighted by atomic mass is 16.5. The van der Waals surface area contributed by atoms with Gasteiger partial charge in [0.1, 0.15) is 5.75 Å². The van der Waals surface area contributed by atoms with Crippen LogP contribution in [0.4, 0.5) is 11.4 Å². The summed E-state index contributed by atoms with van der Waals surface area (Å²) < 4.78 is 15.9. The summed E-state index contributed by atoms with van der Waals surface area (Å²) in [5, 5.41) is 2.77. The molecule has 1 amide bonds. The number of amides is 1. The lowest BCUT2D eigenvalue weighted by atomic mass is 10.1. The van der Waals surface area contributed by atoms with E-state index in [4.69, 9.17) is 14.2 Å². The number of rotatable bonds is 6. The number of hydrogen-bond donors (Lipinski definition) is 1. The van der Waals surface area contributed by atoms with E-state index in [9.17, 15) is 9.59 Å². The van der Waals surface area contributed by atoms with Crippen LogP contribution < -0.4 is 15.0 Å². The summed E-state index contributed by atoms with van der Waals surface area (Å²) in [6, 6.07) is 11.3. The minimum atomic E-state index is -0.500. The molecular formula is C23H26N2O5. The first-order valence-corrected chi connectivity index (χ1v) is 10.2. The van der Waals surface area contributed by atoms with Gasteiger partial charge in [0.15, 0.2) is 6.61 Å². The highest BCUT2D eigenvalue weighted by molar-refractivity contribution is 6.02. The molecule has 1 aliphatic carbocycles. The number of anilines is 2. The summed E-state index contributed by atoms with van der Waals surface area (Å²) >= 11 is 0. The van der Waals surface area contributed by atoms with Crippen LogP contribution in [0.25, 0.3) is 0 Å². The fourth-order valence-electron chi connectivity index (χ4n) is 3.91. The first kappa shape index (κ1) is 20.2. The predicted molar refractivity (Wildman–Crippen MR) is 113 cm³/mol. The number of methoxy groups -OCH3 is 1. The average Bonchev–Trinajstić information content (AvgIpc) is 3.26. The Morgan fingerprint density at radius 3 is 2.67 bits per heavy atom. The summed E-state index contributed by atoms with van der Waals surface area (Å²) in [5.41, 5.74) is 4.26. The molecule has 158 valence electrons. The number of benzene rings is 2. The minimum Gasteiger partial charge on any atom is -0.484 e. The Labute approximate surface area is 175 Å². The zero-order valence-corrected chi connectivity index (χ0v) is 17.1. The molecule has 1 N–H and O–H groups in total. The second-order valence-electron chi connectivity index (χ2n) is 7.44. The van der Waals surface area contributed by atoms with Crippen LogP contribution in [0.2, 0.25) is 0 Å². The van der Waals surface area contributed by atoms with E-state index in [1.807, 2.05) is 18.2 Å². The van der Waals surface area contributed by atoms with Gasteiger partial charge in [-0.05, 0) is 60.7 Å². The van der Waals surface area contributed by atoms with E-state index < -0.39 is 5.97 Å². The predicted octanol–water partition coefficient (Wildman–Crippen LogP) is 2.82. The number of aryl methyl sites for hydroxylation is 2. The number of hydrogen-bond acceptors (Lipinski definition) is 6. The molecule has 1 aliphatic heterocycles. The highest BCUT2D eigenvalue weighted by Gasteiger charge is 2.19. The molecule has 2 aliphatic rings.